The van der Waals surface area contributed by atoms with Crippen LogP contribution < -0.4 is 10.1 Å². The van der Waals surface area contributed by atoms with Crippen LogP contribution in [-0.2, 0) is 20.5 Å². The first-order valence-electron chi connectivity index (χ1n) is 8.75. The van der Waals surface area contributed by atoms with Gasteiger partial charge >= 0.3 is 0 Å². The van der Waals surface area contributed by atoms with Gasteiger partial charge in [-0.05, 0) is 49.6 Å². The van der Waals surface area contributed by atoms with Crippen molar-refractivity contribution in [1.29, 1.82) is 0 Å². The van der Waals surface area contributed by atoms with E-state index in [9.17, 15) is 9.90 Å². The number of carbonyl (C=O) groups excluding carboxylic acids is 1. The number of rotatable bonds is 6. The van der Waals surface area contributed by atoms with E-state index >= 15 is 0 Å². The van der Waals surface area contributed by atoms with Crippen LogP contribution in [0.15, 0.2) is 47.1 Å². The Bertz CT molecular complexity index is 715. The molecule has 1 amide bonds. The van der Waals surface area contributed by atoms with Crippen LogP contribution in [0.3, 0.4) is 0 Å². The number of carbonyl (C=O) groups is 1. The van der Waals surface area contributed by atoms with Crippen molar-refractivity contribution in [2.24, 2.45) is 0 Å². The van der Waals surface area contributed by atoms with Gasteiger partial charge in [0.2, 0.25) is 5.91 Å². The number of methoxy groups -OCH3 is 1. The van der Waals surface area contributed by atoms with Gasteiger partial charge in [-0.2, -0.15) is 0 Å². The lowest BCUT2D eigenvalue weighted by atomic mass is 9.73. The van der Waals surface area contributed by atoms with Gasteiger partial charge in [-0.15, -0.1) is 0 Å². The molecular weight excluding hydrogens is 334 g/mol. The number of nitrogens with one attached hydrogen (secondary N) is 1. The first kappa shape index (κ1) is 18.5. The molecule has 3 rings (SSSR count). The van der Waals surface area contributed by atoms with Gasteiger partial charge < -0.3 is 24.3 Å². The van der Waals surface area contributed by atoms with Gasteiger partial charge in [0.05, 0.1) is 25.3 Å². The molecule has 0 saturated carbocycles. The molecule has 0 aliphatic carbocycles. The van der Waals surface area contributed by atoms with Crippen molar-refractivity contribution in [3.63, 3.8) is 0 Å². The van der Waals surface area contributed by atoms with Gasteiger partial charge in [0.15, 0.2) is 0 Å². The molecule has 2 N–H and O–H groups in total. The zero-order chi connectivity index (χ0) is 18.6. The Morgan fingerprint density at radius 3 is 2.54 bits per heavy atom. The highest BCUT2D eigenvalue weighted by molar-refractivity contribution is 5.88. The zero-order valence-electron chi connectivity index (χ0n) is 15.2. The van der Waals surface area contributed by atoms with E-state index in [0.29, 0.717) is 31.8 Å². The van der Waals surface area contributed by atoms with Crippen LogP contribution in [0.4, 0.5) is 0 Å². The van der Waals surface area contributed by atoms with E-state index in [4.69, 9.17) is 13.9 Å². The van der Waals surface area contributed by atoms with Crippen LogP contribution in [0.2, 0.25) is 0 Å². The van der Waals surface area contributed by atoms with Crippen molar-refractivity contribution in [3.05, 3.63) is 54.0 Å². The van der Waals surface area contributed by atoms with E-state index < -0.39 is 11.0 Å². The van der Waals surface area contributed by atoms with Crippen molar-refractivity contribution in [1.82, 2.24) is 5.32 Å². The molecular formula is C20H25NO5. The second-order valence-corrected chi connectivity index (χ2v) is 6.86. The number of furan rings is 1. The minimum Gasteiger partial charge on any atom is -0.497 e. The Morgan fingerprint density at radius 1 is 1.27 bits per heavy atom. The molecule has 1 aromatic heterocycles. The minimum absolute atomic E-state index is 0.0676. The van der Waals surface area contributed by atoms with Crippen molar-refractivity contribution < 1.29 is 23.8 Å². The molecule has 0 radical (unpaired) electrons. The number of amides is 1. The van der Waals surface area contributed by atoms with Crippen LogP contribution in [0, 0.1) is 0 Å². The summed E-state index contributed by atoms with van der Waals surface area (Å²) in [7, 11) is 1.61. The quantitative estimate of drug-likeness (QED) is 0.828. The fourth-order valence-electron chi connectivity index (χ4n) is 3.37. The number of aliphatic hydroxyl groups is 1. The molecule has 2 aromatic rings. The normalized spacial score (nSPS) is 18.7. The van der Waals surface area contributed by atoms with Crippen LogP contribution in [0.5, 0.6) is 5.75 Å². The number of benzene rings is 1. The van der Waals surface area contributed by atoms with Crippen molar-refractivity contribution >= 4 is 5.91 Å². The summed E-state index contributed by atoms with van der Waals surface area (Å²) in [6, 6.07) is 11.0. The summed E-state index contributed by atoms with van der Waals surface area (Å²) in [5.74, 6) is 1.05. The number of ether oxygens (including phenoxy) is 2. The Labute approximate surface area is 153 Å². The lowest BCUT2D eigenvalue weighted by molar-refractivity contribution is -0.131. The molecule has 26 heavy (non-hydrogen) atoms. The van der Waals surface area contributed by atoms with Crippen LogP contribution >= 0.6 is 0 Å². The first-order chi connectivity index (χ1) is 12.5. The molecule has 0 spiro atoms. The van der Waals surface area contributed by atoms with Gasteiger partial charge in [-0.1, -0.05) is 12.1 Å². The van der Waals surface area contributed by atoms with Crippen LogP contribution in [-0.4, -0.2) is 37.9 Å². The molecule has 140 valence electrons. The van der Waals surface area contributed by atoms with Gasteiger partial charge in [0.25, 0.3) is 0 Å². The van der Waals surface area contributed by atoms with E-state index in [1.54, 1.807) is 26.2 Å². The monoisotopic (exact) mass is 359 g/mol. The van der Waals surface area contributed by atoms with Gasteiger partial charge in [-0.25, -0.2) is 0 Å². The number of hydrogen-bond acceptors (Lipinski definition) is 5. The first-order valence-corrected chi connectivity index (χ1v) is 8.75. The summed E-state index contributed by atoms with van der Waals surface area (Å²) in [5.41, 5.74) is -1.02. The smallest absolute Gasteiger partial charge is 0.230 e. The molecule has 1 saturated heterocycles. The predicted molar refractivity (Wildman–Crippen MR) is 96.0 cm³/mol. The summed E-state index contributed by atoms with van der Waals surface area (Å²) in [6.07, 6.45) is 2.69. The molecule has 6 heteroatoms. The second kappa shape index (κ2) is 7.51. The van der Waals surface area contributed by atoms with E-state index in [1.807, 2.05) is 24.3 Å². The van der Waals surface area contributed by atoms with Crippen molar-refractivity contribution in [3.8, 4) is 5.75 Å². The zero-order valence-corrected chi connectivity index (χ0v) is 15.2. The van der Waals surface area contributed by atoms with Gasteiger partial charge in [0.1, 0.15) is 17.1 Å². The molecule has 0 bridgehead atoms. The van der Waals surface area contributed by atoms with Crippen molar-refractivity contribution in [2.45, 2.75) is 30.8 Å². The van der Waals surface area contributed by atoms with E-state index in [1.165, 1.54) is 6.26 Å². The maximum Gasteiger partial charge on any atom is 0.230 e. The predicted octanol–water partition coefficient (Wildman–Crippen LogP) is 2.36. The maximum absolute atomic E-state index is 13.2. The van der Waals surface area contributed by atoms with Gasteiger partial charge in [-0.3, -0.25) is 4.79 Å². The van der Waals surface area contributed by atoms with E-state index in [-0.39, 0.29) is 12.5 Å². The lowest BCUT2D eigenvalue weighted by Crippen LogP contribution is -2.51. The largest absolute Gasteiger partial charge is 0.497 e. The van der Waals surface area contributed by atoms with Crippen LogP contribution in [0.1, 0.15) is 31.1 Å². The summed E-state index contributed by atoms with van der Waals surface area (Å²) in [4.78, 5) is 13.2. The summed E-state index contributed by atoms with van der Waals surface area (Å²) in [5, 5.41) is 13.5. The molecule has 6 nitrogen and oxygen atoms in total. The standard InChI is InChI=1S/C20H25NO5/c1-19(23,17-4-3-11-26-17)14-21-18(22)20(9-12-25-13-10-20)15-5-7-16(24-2)8-6-15/h3-8,11,23H,9-10,12-14H2,1-2H3,(H,21,22)/t19-/m1/s1. The number of hydrogen-bond donors (Lipinski definition) is 2. The fraction of sp³-hybridized carbons (Fsp3) is 0.450. The SMILES string of the molecule is COc1ccc(C2(C(=O)NC[C@@](C)(O)c3ccco3)CCOCC2)cc1. The Balaban J connectivity index is 1.79. The third-order valence-corrected chi connectivity index (χ3v) is 5.07. The van der Waals surface area contributed by atoms with Gasteiger partial charge in [0, 0.05) is 13.2 Å². The maximum atomic E-state index is 13.2. The highest BCUT2D eigenvalue weighted by Crippen LogP contribution is 2.36. The Kier molecular flexibility index (Phi) is 5.34. The average molecular weight is 359 g/mol. The summed E-state index contributed by atoms with van der Waals surface area (Å²) in [6.45, 7) is 2.73. The topological polar surface area (TPSA) is 80.9 Å². The van der Waals surface area contributed by atoms with Crippen molar-refractivity contribution in [2.75, 3.05) is 26.9 Å². The highest BCUT2D eigenvalue weighted by atomic mass is 16.5. The molecule has 1 atom stereocenters. The Hall–Kier alpha value is -2.31. The Morgan fingerprint density at radius 2 is 1.96 bits per heavy atom. The fourth-order valence-corrected chi connectivity index (χ4v) is 3.37. The second-order valence-electron chi connectivity index (χ2n) is 6.86. The van der Waals surface area contributed by atoms with E-state index in [0.717, 1.165) is 11.3 Å². The lowest BCUT2D eigenvalue weighted by Gasteiger charge is -2.37. The molecule has 0 unspecified atom stereocenters. The summed E-state index contributed by atoms with van der Waals surface area (Å²) < 4.78 is 16.0. The minimum atomic E-state index is -1.27. The average Bonchev–Trinajstić information content (AvgIpc) is 3.22. The molecule has 1 aliphatic rings. The van der Waals surface area contributed by atoms with E-state index in [2.05, 4.69) is 5.32 Å². The molecule has 1 aromatic carbocycles. The highest BCUT2D eigenvalue weighted by Gasteiger charge is 2.42. The van der Waals surface area contributed by atoms with Crippen LogP contribution in [0.25, 0.3) is 0 Å². The molecule has 1 fully saturated rings. The third kappa shape index (κ3) is 3.61. The third-order valence-electron chi connectivity index (χ3n) is 5.07. The molecule has 1 aliphatic heterocycles. The summed E-state index contributed by atoms with van der Waals surface area (Å²) >= 11 is 0. The molecule has 2 heterocycles.